The van der Waals surface area contributed by atoms with Gasteiger partial charge >= 0.3 is 0 Å². The molecule has 0 fully saturated rings. The van der Waals surface area contributed by atoms with Crippen molar-refractivity contribution in [2.45, 2.75) is 12.8 Å². The van der Waals surface area contributed by atoms with Crippen LogP contribution in [0.15, 0.2) is 89.3 Å². The second kappa shape index (κ2) is 8.90. The first-order chi connectivity index (χ1) is 14.3. The predicted octanol–water partition coefficient (Wildman–Crippen LogP) is 5.70. The van der Waals surface area contributed by atoms with Crippen molar-refractivity contribution in [1.29, 1.82) is 5.26 Å². The van der Waals surface area contributed by atoms with E-state index in [2.05, 4.69) is 0 Å². The maximum Gasteiger partial charge on any atom is 0.195 e. The van der Waals surface area contributed by atoms with E-state index in [-0.39, 0.29) is 6.61 Å². The van der Waals surface area contributed by atoms with Gasteiger partial charge < -0.3 is 9.15 Å². The van der Waals surface area contributed by atoms with Crippen LogP contribution in [0.4, 0.5) is 0 Å². The van der Waals surface area contributed by atoms with Gasteiger partial charge in [0.1, 0.15) is 17.5 Å². The lowest BCUT2D eigenvalue weighted by molar-refractivity contribution is 0.367. The first-order valence-electron chi connectivity index (χ1n) is 9.53. The standard InChI is InChI=1S/C25H20N2O2/c26-16-17-28-22-13-7-8-19(18-22)14-15-23-27-24(20-9-3-1-4-10-20)25(29-23)21-11-5-2-6-12-21/h1-13,18H,14-15,17H2. The lowest BCUT2D eigenvalue weighted by Crippen LogP contribution is -1.96. The molecule has 4 heteroatoms. The van der Waals surface area contributed by atoms with Crippen LogP contribution in [0.3, 0.4) is 0 Å². The Hall–Kier alpha value is -3.84. The van der Waals surface area contributed by atoms with Crippen molar-refractivity contribution in [3.05, 3.63) is 96.4 Å². The minimum Gasteiger partial charge on any atom is -0.479 e. The molecular formula is C25H20N2O2. The van der Waals surface area contributed by atoms with E-state index in [1.54, 1.807) is 0 Å². The smallest absolute Gasteiger partial charge is 0.195 e. The highest BCUT2D eigenvalue weighted by Gasteiger charge is 2.16. The zero-order chi connectivity index (χ0) is 19.9. The van der Waals surface area contributed by atoms with Crippen LogP contribution in [0.2, 0.25) is 0 Å². The summed E-state index contributed by atoms with van der Waals surface area (Å²) in [6, 6.07) is 29.9. The summed E-state index contributed by atoms with van der Waals surface area (Å²) < 4.78 is 11.6. The molecule has 0 saturated carbocycles. The van der Waals surface area contributed by atoms with E-state index in [4.69, 9.17) is 19.4 Å². The molecule has 142 valence electrons. The summed E-state index contributed by atoms with van der Waals surface area (Å²) >= 11 is 0. The lowest BCUT2D eigenvalue weighted by atomic mass is 10.1. The van der Waals surface area contributed by atoms with Gasteiger partial charge in [-0.3, -0.25) is 0 Å². The number of nitriles is 1. The number of ether oxygens (including phenoxy) is 1. The van der Waals surface area contributed by atoms with Crippen LogP contribution in [-0.4, -0.2) is 11.6 Å². The van der Waals surface area contributed by atoms with Crippen LogP contribution in [-0.2, 0) is 12.8 Å². The average molecular weight is 380 g/mol. The highest BCUT2D eigenvalue weighted by Crippen LogP contribution is 2.32. The van der Waals surface area contributed by atoms with Crippen LogP contribution < -0.4 is 4.74 Å². The van der Waals surface area contributed by atoms with E-state index < -0.39 is 0 Å². The molecule has 4 aromatic rings. The number of benzene rings is 3. The zero-order valence-electron chi connectivity index (χ0n) is 15.9. The number of oxazole rings is 1. The summed E-state index contributed by atoms with van der Waals surface area (Å²) in [6.07, 6.45) is 1.45. The van der Waals surface area contributed by atoms with Crippen molar-refractivity contribution in [2.75, 3.05) is 6.61 Å². The predicted molar refractivity (Wildman–Crippen MR) is 112 cm³/mol. The highest BCUT2D eigenvalue weighted by atomic mass is 16.5. The molecular weight excluding hydrogens is 360 g/mol. The van der Waals surface area contributed by atoms with Crippen molar-refractivity contribution >= 4 is 0 Å². The normalized spacial score (nSPS) is 10.4. The minimum atomic E-state index is 0.0457. The van der Waals surface area contributed by atoms with Gasteiger partial charge in [-0.25, -0.2) is 4.98 Å². The molecule has 1 heterocycles. The second-order valence-corrected chi connectivity index (χ2v) is 6.61. The zero-order valence-corrected chi connectivity index (χ0v) is 15.9. The summed E-state index contributed by atoms with van der Waals surface area (Å²) in [5.41, 5.74) is 4.02. The van der Waals surface area contributed by atoms with E-state index in [1.807, 2.05) is 91.0 Å². The fourth-order valence-corrected chi connectivity index (χ4v) is 3.21. The molecule has 0 bridgehead atoms. The molecule has 0 aliphatic heterocycles. The second-order valence-electron chi connectivity index (χ2n) is 6.61. The van der Waals surface area contributed by atoms with E-state index in [0.29, 0.717) is 18.1 Å². The quantitative estimate of drug-likeness (QED) is 0.413. The number of aromatic nitrogens is 1. The Morgan fingerprint density at radius 2 is 1.55 bits per heavy atom. The van der Waals surface area contributed by atoms with Gasteiger partial charge in [0, 0.05) is 17.5 Å². The van der Waals surface area contributed by atoms with Crippen LogP contribution in [0.5, 0.6) is 5.75 Å². The fraction of sp³-hybridized carbons (Fsp3) is 0.120. The molecule has 3 aromatic carbocycles. The number of hydrogen-bond acceptors (Lipinski definition) is 4. The Morgan fingerprint density at radius 3 is 2.28 bits per heavy atom. The number of hydrogen-bond donors (Lipinski definition) is 0. The monoisotopic (exact) mass is 380 g/mol. The van der Waals surface area contributed by atoms with E-state index in [9.17, 15) is 0 Å². The first kappa shape index (κ1) is 18.5. The number of aryl methyl sites for hydroxylation is 2. The Bertz CT molecular complexity index is 1060. The van der Waals surface area contributed by atoms with Gasteiger partial charge in [0.05, 0.1) is 0 Å². The Balaban J connectivity index is 1.59. The third-order valence-corrected chi connectivity index (χ3v) is 4.58. The highest BCUT2D eigenvalue weighted by molar-refractivity contribution is 5.76. The minimum absolute atomic E-state index is 0.0457. The molecule has 0 radical (unpaired) electrons. The van der Waals surface area contributed by atoms with Crippen molar-refractivity contribution in [2.24, 2.45) is 0 Å². The van der Waals surface area contributed by atoms with E-state index in [0.717, 1.165) is 34.6 Å². The number of rotatable bonds is 7. The van der Waals surface area contributed by atoms with Gasteiger partial charge in [0.2, 0.25) is 0 Å². The third kappa shape index (κ3) is 4.53. The van der Waals surface area contributed by atoms with E-state index >= 15 is 0 Å². The van der Waals surface area contributed by atoms with Gasteiger partial charge in [0.25, 0.3) is 0 Å². The van der Waals surface area contributed by atoms with Crippen molar-refractivity contribution < 1.29 is 9.15 Å². The molecule has 0 saturated heterocycles. The van der Waals surface area contributed by atoms with Gasteiger partial charge in [-0.05, 0) is 24.1 Å². The third-order valence-electron chi connectivity index (χ3n) is 4.58. The summed E-state index contributed by atoms with van der Waals surface area (Å²) in [4.78, 5) is 4.80. The molecule has 0 N–H and O–H groups in total. The first-order valence-corrected chi connectivity index (χ1v) is 9.53. The fourth-order valence-electron chi connectivity index (χ4n) is 3.21. The van der Waals surface area contributed by atoms with Crippen LogP contribution in [0.1, 0.15) is 11.5 Å². The molecule has 29 heavy (non-hydrogen) atoms. The molecule has 0 aliphatic carbocycles. The molecule has 1 aromatic heterocycles. The Morgan fingerprint density at radius 1 is 0.828 bits per heavy atom. The summed E-state index contributed by atoms with van der Waals surface area (Å²) in [5.74, 6) is 2.19. The van der Waals surface area contributed by atoms with Crippen LogP contribution in [0.25, 0.3) is 22.6 Å². The maximum absolute atomic E-state index is 8.67. The van der Waals surface area contributed by atoms with Crippen LogP contribution >= 0.6 is 0 Å². The van der Waals surface area contributed by atoms with Crippen molar-refractivity contribution in [3.8, 4) is 34.4 Å². The largest absolute Gasteiger partial charge is 0.479 e. The summed E-state index contributed by atoms with van der Waals surface area (Å²) in [6.45, 7) is 0.0457. The van der Waals surface area contributed by atoms with Gasteiger partial charge in [-0.2, -0.15) is 5.26 Å². The molecule has 4 rings (SSSR count). The van der Waals surface area contributed by atoms with Gasteiger partial charge in [-0.1, -0.05) is 72.8 Å². The number of nitrogens with zero attached hydrogens (tertiary/aromatic N) is 2. The molecule has 0 amide bonds. The topological polar surface area (TPSA) is 59.0 Å². The summed E-state index contributed by atoms with van der Waals surface area (Å²) in [7, 11) is 0. The summed E-state index contributed by atoms with van der Waals surface area (Å²) in [5, 5.41) is 8.67. The van der Waals surface area contributed by atoms with Gasteiger partial charge in [0.15, 0.2) is 18.3 Å². The SMILES string of the molecule is N#CCOc1cccc(CCc2nc(-c3ccccc3)c(-c3ccccc3)o2)c1. The van der Waals surface area contributed by atoms with E-state index in [1.165, 1.54) is 0 Å². The molecule has 0 atom stereocenters. The Kier molecular flexibility index (Phi) is 5.68. The average Bonchev–Trinajstić information content (AvgIpc) is 3.22. The van der Waals surface area contributed by atoms with Crippen LogP contribution in [0, 0.1) is 11.3 Å². The molecule has 0 aliphatic rings. The van der Waals surface area contributed by atoms with Gasteiger partial charge in [-0.15, -0.1) is 0 Å². The molecule has 0 spiro atoms. The lowest BCUT2D eigenvalue weighted by Gasteiger charge is -2.04. The maximum atomic E-state index is 8.67. The van der Waals surface area contributed by atoms with Crippen molar-refractivity contribution in [3.63, 3.8) is 0 Å². The van der Waals surface area contributed by atoms with Crippen molar-refractivity contribution in [1.82, 2.24) is 4.98 Å². The Labute approximate surface area is 170 Å². The molecule has 0 unspecified atom stereocenters. The molecule has 4 nitrogen and oxygen atoms in total.